The molecule has 1 amide bonds. The highest BCUT2D eigenvalue weighted by molar-refractivity contribution is 5.95. The molecule has 0 spiro atoms. The molecule has 1 saturated heterocycles. The van der Waals surface area contributed by atoms with Crippen molar-refractivity contribution in [2.24, 2.45) is 0 Å². The number of benzene rings is 2. The van der Waals surface area contributed by atoms with E-state index in [1.807, 2.05) is 30.3 Å². The van der Waals surface area contributed by atoms with Gasteiger partial charge in [0.15, 0.2) is 0 Å². The van der Waals surface area contributed by atoms with Crippen molar-refractivity contribution in [1.29, 1.82) is 0 Å². The fraction of sp³-hybridized carbons (Fsp3) is 0.200. The molecule has 2 heterocycles. The smallest absolute Gasteiger partial charge is 0.272 e. The van der Waals surface area contributed by atoms with Crippen molar-refractivity contribution in [3.8, 4) is 5.75 Å². The normalized spacial score (nSPS) is 17.0. The minimum atomic E-state index is -0.330. The first-order valence-electron chi connectivity index (χ1n) is 8.26. The Morgan fingerprint density at radius 3 is 2.88 bits per heavy atom. The molecule has 1 fully saturated rings. The van der Waals surface area contributed by atoms with Crippen LogP contribution in [0.1, 0.15) is 16.9 Å². The molecule has 1 aliphatic heterocycles. The standard InChI is InChI=1S/C20H17FN2O2/c21-15-5-3-6-16(12-15)25-17-10-11-23(13-17)20(24)19-9-8-14-4-1-2-7-18(14)22-19/h1-9,12,17H,10-11,13H2. The third kappa shape index (κ3) is 3.31. The largest absolute Gasteiger partial charge is 0.488 e. The Hall–Kier alpha value is -2.95. The summed E-state index contributed by atoms with van der Waals surface area (Å²) in [5, 5.41) is 1.01. The lowest BCUT2D eigenvalue weighted by molar-refractivity contribution is 0.0767. The number of likely N-dealkylation sites (tertiary alicyclic amines) is 1. The van der Waals surface area contributed by atoms with Gasteiger partial charge in [0.05, 0.1) is 12.1 Å². The molecule has 1 unspecified atom stereocenters. The number of carbonyl (C=O) groups excluding carboxylic acids is 1. The van der Waals surface area contributed by atoms with Crippen molar-refractivity contribution in [1.82, 2.24) is 9.88 Å². The zero-order chi connectivity index (χ0) is 17.2. The first-order valence-corrected chi connectivity index (χ1v) is 8.26. The summed E-state index contributed by atoms with van der Waals surface area (Å²) >= 11 is 0. The number of nitrogens with zero attached hydrogens (tertiary/aromatic N) is 2. The van der Waals surface area contributed by atoms with Gasteiger partial charge in [0.1, 0.15) is 23.4 Å². The average molecular weight is 336 g/mol. The number of hydrogen-bond acceptors (Lipinski definition) is 3. The second-order valence-corrected chi connectivity index (χ2v) is 6.13. The van der Waals surface area contributed by atoms with Gasteiger partial charge in [-0.1, -0.05) is 30.3 Å². The highest BCUT2D eigenvalue weighted by Crippen LogP contribution is 2.21. The third-order valence-corrected chi connectivity index (χ3v) is 4.35. The van der Waals surface area contributed by atoms with Gasteiger partial charge < -0.3 is 9.64 Å². The molecule has 0 saturated carbocycles. The summed E-state index contributed by atoms with van der Waals surface area (Å²) < 4.78 is 19.0. The number of aromatic nitrogens is 1. The second kappa shape index (κ2) is 6.51. The quantitative estimate of drug-likeness (QED) is 0.733. The first kappa shape index (κ1) is 15.6. The van der Waals surface area contributed by atoms with Crippen LogP contribution in [0.2, 0.25) is 0 Å². The number of hydrogen-bond donors (Lipinski definition) is 0. The lowest BCUT2D eigenvalue weighted by atomic mass is 10.2. The number of carbonyl (C=O) groups is 1. The van der Waals surface area contributed by atoms with Crippen molar-refractivity contribution in [2.45, 2.75) is 12.5 Å². The van der Waals surface area contributed by atoms with Crippen molar-refractivity contribution >= 4 is 16.8 Å². The maximum Gasteiger partial charge on any atom is 0.272 e. The molecule has 0 aliphatic carbocycles. The molecular weight excluding hydrogens is 319 g/mol. The lowest BCUT2D eigenvalue weighted by Crippen LogP contribution is -2.31. The van der Waals surface area contributed by atoms with Crippen LogP contribution in [0.15, 0.2) is 60.7 Å². The highest BCUT2D eigenvalue weighted by Gasteiger charge is 2.29. The Balaban J connectivity index is 1.46. The van der Waals surface area contributed by atoms with Gasteiger partial charge in [0, 0.05) is 24.4 Å². The molecule has 25 heavy (non-hydrogen) atoms. The topological polar surface area (TPSA) is 42.4 Å². The number of para-hydroxylation sites is 1. The van der Waals surface area contributed by atoms with Crippen molar-refractivity contribution < 1.29 is 13.9 Å². The Kier molecular flexibility index (Phi) is 4.06. The maximum atomic E-state index is 13.2. The summed E-state index contributed by atoms with van der Waals surface area (Å²) in [5.41, 5.74) is 1.24. The van der Waals surface area contributed by atoms with Gasteiger partial charge >= 0.3 is 0 Å². The van der Waals surface area contributed by atoms with Gasteiger partial charge in [-0.25, -0.2) is 9.37 Å². The van der Waals surface area contributed by atoms with E-state index >= 15 is 0 Å². The minimum absolute atomic E-state index is 0.101. The summed E-state index contributed by atoms with van der Waals surface area (Å²) in [4.78, 5) is 18.9. The van der Waals surface area contributed by atoms with E-state index < -0.39 is 0 Å². The van der Waals surface area contributed by atoms with E-state index in [0.717, 1.165) is 17.3 Å². The number of amides is 1. The predicted molar refractivity (Wildman–Crippen MR) is 93.1 cm³/mol. The van der Waals surface area contributed by atoms with E-state index in [0.29, 0.717) is 24.5 Å². The maximum absolute atomic E-state index is 13.2. The molecule has 5 heteroatoms. The van der Waals surface area contributed by atoms with E-state index in [2.05, 4.69) is 4.98 Å². The van der Waals surface area contributed by atoms with E-state index in [1.165, 1.54) is 12.1 Å². The molecule has 1 aliphatic rings. The molecule has 4 nitrogen and oxygen atoms in total. The van der Waals surface area contributed by atoms with E-state index in [9.17, 15) is 9.18 Å². The Bertz CT molecular complexity index is 928. The zero-order valence-electron chi connectivity index (χ0n) is 13.6. The van der Waals surface area contributed by atoms with Gasteiger partial charge in [0.2, 0.25) is 0 Å². The van der Waals surface area contributed by atoms with E-state index in [-0.39, 0.29) is 17.8 Å². The summed E-state index contributed by atoms with van der Waals surface area (Å²) in [5.74, 6) is 0.0583. The molecule has 1 aromatic heterocycles. The fourth-order valence-electron chi connectivity index (χ4n) is 3.09. The molecule has 0 radical (unpaired) electrons. The van der Waals surface area contributed by atoms with E-state index in [1.54, 1.807) is 23.1 Å². The van der Waals surface area contributed by atoms with Gasteiger partial charge in [-0.3, -0.25) is 4.79 Å². The monoisotopic (exact) mass is 336 g/mol. The Morgan fingerprint density at radius 1 is 1.12 bits per heavy atom. The number of ether oxygens (including phenoxy) is 1. The Labute approximate surface area is 144 Å². The van der Waals surface area contributed by atoms with Gasteiger partial charge in [-0.15, -0.1) is 0 Å². The van der Waals surface area contributed by atoms with Crippen LogP contribution in [0.25, 0.3) is 10.9 Å². The van der Waals surface area contributed by atoms with Crippen LogP contribution in [0.3, 0.4) is 0 Å². The van der Waals surface area contributed by atoms with Crippen LogP contribution < -0.4 is 4.74 Å². The molecule has 0 N–H and O–H groups in total. The molecule has 0 bridgehead atoms. The fourth-order valence-corrected chi connectivity index (χ4v) is 3.09. The molecule has 1 atom stereocenters. The first-order chi connectivity index (χ1) is 12.2. The van der Waals surface area contributed by atoms with Crippen LogP contribution in [0.5, 0.6) is 5.75 Å². The van der Waals surface area contributed by atoms with Gasteiger partial charge in [-0.2, -0.15) is 0 Å². The molecule has 2 aromatic carbocycles. The summed E-state index contributed by atoms with van der Waals surface area (Å²) in [7, 11) is 0. The number of fused-ring (bicyclic) bond motifs is 1. The van der Waals surface area contributed by atoms with Crippen LogP contribution >= 0.6 is 0 Å². The number of pyridine rings is 1. The summed E-state index contributed by atoms with van der Waals surface area (Å²) in [6, 6.07) is 17.4. The van der Waals surface area contributed by atoms with E-state index in [4.69, 9.17) is 4.74 Å². The van der Waals surface area contributed by atoms with Crippen molar-refractivity contribution in [3.05, 3.63) is 72.2 Å². The molecular formula is C20H17FN2O2. The SMILES string of the molecule is O=C(c1ccc2ccccc2n1)N1CCC(Oc2cccc(F)c2)C1. The lowest BCUT2D eigenvalue weighted by Gasteiger charge is -2.17. The minimum Gasteiger partial charge on any atom is -0.488 e. The van der Waals surface area contributed by atoms with Crippen molar-refractivity contribution in [3.63, 3.8) is 0 Å². The summed E-state index contributed by atoms with van der Waals surface area (Å²) in [6.45, 7) is 1.08. The predicted octanol–water partition coefficient (Wildman–Crippen LogP) is 3.67. The van der Waals surface area contributed by atoms with Crippen LogP contribution in [0.4, 0.5) is 4.39 Å². The van der Waals surface area contributed by atoms with Crippen LogP contribution in [-0.2, 0) is 0 Å². The van der Waals surface area contributed by atoms with Gasteiger partial charge in [0.25, 0.3) is 5.91 Å². The van der Waals surface area contributed by atoms with Gasteiger partial charge in [-0.05, 0) is 24.3 Å². The number of rotatable bonds is 3. The van der Waals surface area contributed by atoms with Crippen molar-refractivity contribution in [2.75, 3.05) is 13.1 Å². The van der Waals surface area contributed by atoms with Crippen LogP contribution in [-0.4, -0.2) is 35.0 Å². The molecule has 126 valence electrons. The highest BCUT2D eigenvalue weighted by atomic mass is 19.1. The van der Waals surface area contributed by atoms with Crippen LogP contribution in [0, 0.1) is 5.82 Å². The molecule has 4 rings (SSSR count). The zero-order valence-corrected chi connectivity index (χ0v) is 13.6. The average Bonchev–Trinajstić information content (AvgIpc) is 3.09. The second-order valence-electron chi connectivity index (χ2n) is 6.13. The summed E-state index contributed by atoms with van der Waals surface area (Å²) in [6.07, 6.45) is 0.585. The Morgan fingerprint density at radius 2 is 2.00 bits per heavy atom. The number of halogens is 1. The third-order valence-electron chi connectivity index (χ3n) is 4.35. The molecule has 3 aromatic rings.